The molecule has 4 nitrogen and oxygen atoms in total. The first-order valence-corrected chi connectivity index (χ1v) is 16.6. The number of ether oxygens (including phenoxy) is 1. The predicted molar refractivity (Wildman–Crippen MR) is 181 cm³/mol. The fourth-order valence-corrected chi connectivity index (χ4v) is 5.76. The summed E-state index contributed by atoms with van der Waals surface area (Å²) in [5.74, 6) is 12.2. The molecule has 0 saturated heterocycles. The van der Waals surface area contributed by atoms with Crippen molar-refractivity contribution < 1.29 is 14.3 Å². The van der Waals surface area contributed by atoms with Gasteiger partial charge in [-0.25, -0.2) is 0 Å². The lowest BCUT2D eigenvalue weighted by Gasteiger charge is -2.31. The maximum Gasteiger partial charge on any atom is 0.308 e. The van der Waals surface area contributed by atoms with Crippen molar-refractivity contribution in [3.05, 3.63) is 27.8 Å². The van der Waals surface area contributed by atoms with Crippen molar-refractivity contribution in [3.8, 4) is 41.8 Å². The third-order valence-electron chi connectivity index (χ3n) is 8.80. The lowest BCUT2D eigenvalue weighted by molar-refractivity contribution is -0.132. The molecule has 0 aliphatic carbocycles. The SMILES string of the molecule is C#CC#CC#CC(=O)NC(C)(CCCCCCCCCCCCCCCC)CCc1c(C)c(C)c(C)c(C)c1OC(C)=O. The highest BCUT2D eigenvalue weighted by atomic mass is 16.5. The molecule has 0 radical (unpaired) electrons. The summed E-state index contributed by atoms with van der Waals surface area (Å²) < 4.78 is 5.72. The number of rotatable bonds is 20. The van der Waals surface area contributed by atoms with E-state index in [1.54, 1.807) is 0 Å². The van der Waals surface area contributed by atoms with Crippen LogP contribution in [0.2, 0.25) is 0 Å². The normalized spacial score (nSPS) is 11.8. The van der Waals surface area contributed by atoms with Crippen LogP contribution >= 0.6 is 0 Å². The predicted octanol–water partition coefficient (Wildman–Crippen LogP) is 9.16. The molecule has 236 valence electrons. The van der Waals surface area contributed by atoms with Crippen molar-refractivity contribution in [1.82, 2.24) is 5.32 Å². The second-order valence-electron chi connectivity index (χ2n) is 12.4. The molecule has 1 rings (SSSR count). The van der Waals surface area contributed by atoms with Crippen molar-refractivity contribution in [2.24, 2.45) is 0 Å². The Hall–Kier alpha value is -3.16. The number of benzene rings is 1. The molecule has 0 saturated carbocycles. The Kier molecular flexibility index (Phi) is 18.9. The van der Waals surface area contributed by atoms with Gasteiger partial charge in [-0.1, -0.05) is 96.8 Å². The second kappa shape index (κ2) is 21.5. The molecule has 0 aliphatic rings. The molecule has 1 N–H and O–H groups in total. The Balaban J connectivity index is 2.76. The van der Waals surface area contributed by atoms with Gasteiger partial charge in [0.15, 0.2) is 0 Å². The molecule has 0 spiro atoms. The van der Waals surface area contributed by atoms with Crippen LogP contribution in [0.4, 0.5) is 0 Å². The number of amides is 1. The monoisotopic (exact) mass is 587 g/mol. The standard InChI is InChI=1S/C39H57NO3/c1-9-11-13-15-16-17-18-19-20-21-22-23-24-26-29-39(8,40-37(42)27-25-14-12-10-2)30-28-36-33(5)31(3)32(4)34(6)38(36)43-35(7)41/h2H,9,11,13,15-24,26,28-30H2,1,3-8H3,(H,40,42). The number of hydrogen-bond donors (Lipinski definition) is 1. The molecule has 43 heavy (non-hydrogen) atoms. The van der Waals surface area contributed by atoms with E-state index in [1.165, 1.54) is 89.5 Å². The highest BCUT2D eigenvalue weighted by molar-refractivity contribution is 5.94. The highest BCUT2D eigenvalue weighted by Gasteiger charge is 2.27. The smallest absolute Gasteiger partial charge is 0.308 e. The number of carbonyl (C=O) groups excluding carboxylic acids is 2. The minimum atomic E-state index is -0.463. The first-order valence-electron chi connectivity index (χ1n) is 16.6. The first kappa shape index (κ1) is 37.9. The van der Waals surface area contributed by atoms with Crippen molar-refractivity contribution in [2.45, 2.75) is 163 Å². The zero-order chi connectivity index (χ0) is 32.1. The molecule has 0 aliphatic heterocycles. The summed E-state index contributed by atoms with van der Waals surface area (Å²) in [4.78, 5) is 24.7. The van der Waals surface area contributed by atoms with Crippen molar-refractivity contribution in [3.63, 3.8) is 0 Å². The van der Waals surface area contributed by atoms with E-state index in [0.717, 1.165) is 41.5 Å². The number of carbonyl (C=O) groups is 2. The van der Waals surface area contributed by atoms with Crippen LogP contribution in [0.3, 0.4) is 0 Å². The number of nitrogens with one attached hydrogen (secondary N) is 1. The molecule has 0 aromatic heterocycles. The van der Waals surface area contributed by atoms with Gasteiger partial charge in [0.25, 0.3) is 5.91 Å². The Morgan fingerprint density at radius 2 is 1.23 bits per heavy atom. The van der Waals surface area contributed by atoms with Crippen LogP contribution in [0.1, 0.15) is 151 Å². The van der Waals surface area contributed by atoms with E-state index in [0.29, 0.717) is 18.6 Å². The van der Waals surface area contributed by atoms with E-state index in [-0.39, 0.29) is 11.9 Å². The summed E-state index contributed by atoms with van der Waals surface area (Å²) in [5, 5.41) is 3.17. The van der Waals surface area contributed by atoms with E-state index in [9.17, 15) is 9.59 Å². The fraction of sp³-hybridized carbons (Fsp3) is 0.641. The zero-order valence-corrected chi connectivity index (χ0v) is 28.3. The van der Waals surface area contributed by atoms with Gasteiger partial charge in [-0.3, -0.25) is 9.59 Å². The summed E-state index contributed by atoms with van der Waals surface area (Å²) in [7, 11) is 0. The van der Waals surface area contributed by atoms with Crippen LogP contribution in [-0.2, 0) is 16.0 Å². The van der Waals surface area contributed by atoms with Gasteiger partial charge in [0.1, 0.15) is 5.75 Å². The average Bonchev–Trinajstić information content (AvgIpc) is 2.96. The van der Waals surface area contributed by atoms with Crippen molar-refractivity contribution in [2.75, 3.05) is 0 Å². The molecule has 4 heteroatoms. The highest BCUT2D eigenvalue weighted by Crippen LogP contribution is 2.35. The summed E-state index contributed by atoms with van der Waals surface area (Å²) in [5.41, 5.74) is 5.04. The molecule has 0 bridgehead atoms. The van der Waals surface area contributed by atoms with Crippen LogP contribution in [0.15, 0.2) is 0 Å². The molecule has 1 amide bonds. The van der Waals surface area contributed by atoms with Crippen LogP contribution < -0.4 is 10.1 Å². The van der Waals surface area contributed by atoms with E-state index in [1.807, 2.05) is 6.92 Å². The van der Waals surface area contributed by atoms with Crippen molar-refractivity contribution >= 4 is 11.9 Å². The molecule has 0 fully saturated rings. The fourth-order valence-electron chi connectivity index (χ4n) is 5.76. The molecule has 1 unspecified atom stereocenters. The van der Waals surface area contributed by atoms with E-state index in [4.69, 9.17) is 11.2 Å². The minimum Gasteiger partial charge on any atom is -0.426 e. The number of terminal acetylenes is 1. The number of esters is 1. The van der Waals surface area contributed by atoms with Gasteiger partial charge < -0.3 is 10.1 Å². The topological polar surface area (TPSA) is 55.4 Å². The van der Waals surface area contributed by atoms with Crippen LogP contribution in [0.25, 0.3) is 0 Å². The Bertz CT molecular complexity index is 1200. The average molecular weight is 588 g/mol. The van der Waals surface area contributed by atoms with Gasteiger partial charge in [0, 0.05) is 18.4 Å². The van der Waals surface area contributed by atoms with Gasteiger partial charge in [-0.15, -0.1) is 6.42 Å². The van der Waals surface area contributed by atoms with Gasteiger partial charge in [-0.2, -0.15) is 0 Å². The van der Waals surface area contributed by atoms with Crippen LogP contribution in [0.5, 0.6) is 5.75 Å². The zero-order valence-electron chi connectivity index (χ0n) is 28.3. The maximum atomic E-state index is 12.7. The molecule has 0 heterocycles. The van der Waals surface area contributed by atoms with E-state index < -0.39 is 5.54 Å². The largest absolute Gasteiger partial charge is 0.426 e. The van der Waals surface area contributed by atoms with Gasteiger partial charge in [-0.05, 0) is 105 Å². The second-order valence-corrected chi connectivity index (χ2v) is 12.4. The van der Waals surface area contributed by atoms with Crippen LogP contribution in [0, 0.1) is 63.7 Å². The Morgan fingerprint density at radius 3 is 1.74 bits per heavy atom. The maximum absolute atomic E-state index is 12.7. The van der Waals surface area contributed by atoms with E-state index >= 15 is 0 Å². The van der Waals surface area contributed by atoms with E-state index in [2.05, 4.69) is 69.5 Å². The summed E-state index contributed by atoms with van der Waals surface area (Å²) in [6.07, 6.45) is 25.7. The van der Waals surface area contributed by atoms with Gasteiger partial charge in [0.2, 0.25) is 0 Å². The molecule has 1 atom stereocenters. The minimum absolute atomic E-state index is 0.325. The molecule has 1 aromatic rings. The number of unbranched alkanes of at least 4 members (excludes halogenated alkanes) is 13. The molecular weight excluding hydrogens is 530 g/mol. The lowest BCUT2D eigenvalue weighted by Crippen LogP contribution is -2.46. The molecular formula is C39H57NO3. The third-order valence-corrected chi connectivity index (χ3v) is 8.80. The summed E-state index contributed by atoms with van der Waals surface area (Å²) >= 11 is 0. The third kappa shape index (κ3) is 15.2. The Morgan fingerprint density at radius 1 is 0.721 bits per heavy atom. The van der Waals surface area contributed by atoms with Gasteiger partial charge in [0.05, 0.1) is 0 Å². The van der Waals surface area contributed by atoms with Crippen molar-refractivity contribution in [1.29, 1.82) is 0 Å². The summed E-state index contributed by atoms with van der Waals surface area (Å²) in [6, 6.07) is 0. The summed E-state index contributed by atoms with van der Waals surface area (Å²) in [6.45, 7) is 14.1. The van der Waals surface area contributed by atoms with Gasteiger partial charge >= 0.3 is 5.97 Å². The Labute approximate surface area is 263 Å². The molecule has 1 aromatic carbocycles. The number of hydrogen-bond acceptors (Lipinski definition) is 3. The lowest BCUT2D eigenvalue weighted by atomic mass is 9.84. The van der Waals surface area contributed by atoms with Crippen LogP contribution in [-0.4, -0.2) is 17.4 Å². The first-order chi connectivity index (χ1) is 20.6. The quantitative estimate of drug-likeness (QED) is 0.0716.